The molecule has 0 fully saturated rings. The fourth-order valence-electron chi connectivity index (χ4n) is 3.29. The number of rotatable bonds is 4. The molecule has 0 radical (unpaired) electrons. The zero-order valence-corrected chi connectivity index (χ0v) is 15.3. The average Bonchev–Trinajstić information content (AvgIpc) is 2.69. The molecule has 0 saturated carbocycles. The second-order valence-corrected chi connectivity index (χ2v) is 6.60. The Morgan fingerprint density at radius 2 is 1.72 bits per heavy atom. The van der Waals surface area contributed by atoms with Gasteiger partial charge in [-0.2, -0.15) is 0 Å². The van der Waals surface area contributed by atoms with Crippen molar-refractivity contribution in [3.63, 3.8) is 0 Å². The Morgan fingerprint density at radius 3 is 2.45 bits per heavy atom. The van der Waals surface area contributed by atoms with Crippen molar-refractivity contribution in [2.24, 2.45) is 0 Å². The summed E-state index contributed by atoms with van der Waals surface area (Å²) in [6, 6.07) is 13.6. The van der Waals surface area contributed by atoms with Crippen molar-refractivity contribution in [2.45, 2.75) is 19.3 Å². The summed E-state index contributed by atoms with van der Waals surface area (Å²) in [5.41, 5.74) is 9.74. The highest BCUT2D eigenvalue weighted by Gasteiger charge is 2.31. The first-order valence-electron chi connectivity index (χ1n) is 8.94. The van der Waals surface area contributed by atoms with Gasteiger partial charge in [0.2, 0.25) is 0 Å². The Kier molecular flexibility index (Phi) is 4.87. The predicted molar refractivity (Wildman–Crippen MR) is 104 cm³/mol. The van der Waals surface area contributed by atoms with Crippen LogP contribution in [0.2, 0.25) is 0 Å². The van der Waals surface area contributed by atoms with Crippen LogP contribution in [0.3, 0.4) is 0 Å². The quantitative estimate of drug-likeness (QED) is 0.680. The van der Waals surface area contributed by atoms with Crippen LogP contribution in [-0.4, -0.2) is 22.9 Å². The molecule has 9 heteroatoms. The number of nitrogens with zero attached hydrogens (tertiary/aromatic N) is 3. The number of hydrogen-bond donors (Lipinski definition) is 2. The zero-order valence-electron chi connectivity index (χ0n) is 15.3. The van der Waals surface area contributed by atoms with E-state index in [2.05, 4.69) is 37.1 Å². The summed E-state index contributed by atoms with van der Waals surface area (Å²) in [4.78, 5) is 10.6. The number of anilines is 4. The first-order valence-corrected chi connectivity index (χ1v) is 8.94. The van der Waals surface area contributed by atoms with Crippen molar-refractivity contribution in [3.8, 4) is 5.75 Å². The van der Waals surface area contributed by atoms with Gasteiger partial charge in [0.25, 0.3) is 0 Å². The first-order chi connectivity index (χ1) is 13.9. The minimum Gasteiger partial charge on any atom is -0.406 e. The van der Waals surface area contributed by atoms with Gasteiger partial charge in [-0.05, 0) is 41.8 Å². The van der Waals surface area contributed by atoms with E-state index in [9.17, 15) is 13.2 Å². The van der Waals surface area contributed by atoms with E-state index in [4.69, 9.17) is 5.73 Å². The van der Waals surface area contributed by atoms with E-state index in [-0.39, 0.29) is 5.75 Å². The molecule has 0 aliphatic carbocycles. The van der Waals surface area contributed by atoms with Crippen molar-refractivity contribution < 1.29 is 17.9 Å². The SMILES string of the molecule is Nc1c(Nc2ccc(OC(F)(F)F)cc2)ncnc1N1CCc2ccccc2C1. The van der Waals surface area contributed by atoms with Gasteiger partial charge >= 0.3 is 6.36 Å². The van der Waals surface area contributed by atoms with E-state index in [1.54, 1.807) is 0 Å². The molecule has 1 aromatic heterocycles. The van der Waals surface area contributed by atoms with Crippen LogP contribution < -0.4 is 20.7 Å². The molecular formula is C20H18F3N5O. The predicted octanol–water partition coefficient (Wildman–Crippen LogP) is 4.26. The number of nitrogens with two attached hydrogens (primary N) is 1. The monoisotopic (exact) mass is 401 g/mol. The standard InChI is InChI=1S/C20H18F3N5O/c21-20(22,23)29-16-7-5-15(6-8-16)27-18-17(24)19(26-12-25-18)28-10-9-13-3-1-2-4-14(13)11-28/h1-8,12H,9-11,24H2,(H,25,26,27). The number of benzene rings is 2. The van der Waals surface area contributed by atoms with Gasteiger partial charge in [-0.15, -0.1) is 13.2 Å². The van der Waals surface area contributed by atoms with Crippen LogP contribution in [0.25, 0.3) is 0 Å². The smallest absolute Gasteiger partial charge is 0.406 e. The molecule has 2 aromatic carbocycles. The second kappa shape index (κ2) is 7.50. The van der Waals surface area contributed by atoms with Crippen LogP contribution in [0.5, 0.6) is 5.75 Å². The summed E-state index contributed by atoms with van der Waals surface area (Å²) in [7, 11) is 0. The topological polar surface area (TPSA) is 76.3 Å². The molecule has 0 amide bonds. The summed E-state index contributed by atoms with van der Waals surface area (Å²) in [5.74, 6) is 0.707. The highest BCUT2D eigenvalue weighted by atomic mass is 19.4. The van der Waals surface area contributed by atoms with Crippen LogP contribution in [0.4, 0.5) is 36.2 Å². The second-order valence-electron chi connectivity index (χ2n) is 6.60. The summed E-state index contributed by atoms with van der Waals surface area (Å²) in [6.45, 7) is 1.47. The van der Waals surface area contributed by atoms with E-state index in [0.717, 1.165) is 13.0 Å². The number of ether oxygens (including phenoxy) is 1. The Hall–Kier alpha value is -3.49. The highest BCUT2D eigenvalue weighted by molar-refractivity contribution is 5.78. The van der Waals surface area contributed by atoms with Gasteiger partial charge in [0, 0.05) is 18.8 Å². The third kappa shape index (κ3) is 4.34. The molecule has 3 aromatic rings. The van der Waals surface area contributed by atoms with Gasteiger partial charge in [0.1, 0.15) is 17.8 Å². The van der Waals surface area contributed by atoms with Gasteiger partial charge in [0.15, 0.2) is 11.6 Å². The van der Waals surface area contributed by atoms with Gasteiger partial charge in [0.05, 0.1) is 0 Å². The molecule has 0 spiro atoms. The maximum Gasteiger partial charge on any atom is 0.573 e. The minimum atomic E-state index is -4.73. The molecule has 6 nitrogen and oxygen atoms in total. The molecule has 0 unspecified atom stereocenters. The number of aromatic nitrogens is 2. The third-order valence-electron chi connectivity index (χ3n) is 4.64. The summed E-state index contributed by atoms with van der Waals surface area (Å²) < 4.78 is 40.7. The van der Waals surface area contributed by atoms with E-state index in [1.807, 2.05) is 12.1 Å². The number of halogens is 3. The van der Waals surface area contributed by atoms with Crippen LogP contribution >= 0.6 is 0 Å². The van der Waals surface area contributed by atoms with Crippen molar-refractivity contribution in [2.75, 3.05) is 22.5 Å². The maximum absolute atomic E-state index is 12.3. The lowest BCUT2D eigenvalue weighted by atomic mass is 10.00. The summed E-state index contributed by atoms with van der Waals surface area (Å²) in [6.07, 6.45) is -2.42. The molecule has 0 saturated heterocycles. The molecule has 2 heterocycles. The van der Waals surface area contributed by atoms with Crippen molar-refractivity contribution >= 4 is 23.0 Å². The van der Waals surface area contributed by atoms with E-state index >= 15 is 0 Å². The molecule has 1 aliphatic heterocycles. The van der Waals surface area contributed by atoms with Crippen LogP contribution in [0.1, 0.15) is 11.1 Å². The van der Waals surface area contributed by atoms with Crippen molar-refractivity contribution in [1.29, 1.82) is 0 Å². The molecule has 150 valence electrons. The molecule has 0 bridgehead atoms. The lowest BCUT2D eigenvalue weighted by Crippen LogP contribution is -2.31. The molecule has 3 N–H and O–H groups in total. The lowest BCUT2D eigenvalue weighted by Gasteiger charge is -2.30. The van der Waals surface area contributed by atoms with Gasteiger partial charge in [-0.25, -0.2) is 9.97 Å². The van der Waals surface area contributed by atoms with Gasteiger partial charge in [-0.1, -0.05) is 24.3 Å². The molecule has 29 heavy (non-hydrogen) atoms. The Bertz CT molecular complexity index is 1010. The average molecular weight is 401 g/mol. The van der Waals surface area contributed by atoms with Crippen LogP contribution in [0.15, 0.2) is 54.9 Å². The molecule has 1 aliphatic rings. The van der Waals surface area contributed by atoms with E-state index in [1.165, 1.54) is 41.7 Å². The van der Waals surface area contributed by atoms with Gasteiger partial charge < -0.3 is 20.7 Å². The molecule has 4 rings (SSSR count). The van der Waals surface area contributed by atoms with Crippen molar-refractivity contribution in [1.82, 2.24) is 9.97 Å². The first kappa shape index (κ1) is 18.9. The third-order valence-corrected chi connectivity index (χ3v) is 4.64. The summed E-state index contributed by atoms with van der Waals surface area (Å²) >= 11 is 0. The minimum absolute atomic E-state index is 0.300. The highest BCUT2D eigenvalue weighted by Crippen LogP contribution is 2.32. The van der Waals surface area contributed by atoms with Gasteiger partial charge in [-0.3, -0.25) is 0 Å². The maximum atomic E-state index is 12.3. The number of fused-ring (bicyclic) bond motifs is 1. The number of nitrogens with one attached hydrogen (secondary N) is 1. The normalized spacial score (nSPS) is 13.7. The van der Waals surface area contributed by atoms with E-state index in [0.29, 0.717) is 29.6 Å². The van der Waals surface area contributed by atoms with E-state index < -0.39 is 6.36 Å². The van der Waals surface area contributed by atoms with Crippen molar-refractivity contribution in [3.05, 3.63) is 66.0 Å². The fourth-order valence-corrected chi connectivity index (χ4v) is 3.29. The number of alkyl halides is 3. The summed E-state index contributed by atoms with van der Waals surface area (Å²) in [5, 5.41) is 3.02. The largest absolute Gasteiger partial charge is 0.573 e. The lowest BCUT2D eigenvalue weighted by molar-refractivity contribution is -0.274. The van der Waals surface area contributed by atoms with Crippen LogP contribution in [0, 0.1) is 0 Å². The Balaban J connectivity index is 1.52. The van der Waals surface area contributed by atoms with Crippen LogP contribution in [-0.2, 0) is 13.0 Å². The zero-order chi connectivity index (χ0) is 20.4. The Labute approximate surface area is 165 Å². The fraction of sp³-hybridized carbons (Fsp3) is 0.200. The molecule has 0 atom stereocenters. The molecular weight excluding hydrogens is 383 g/mol. The number of nitrogen functional groups attached to an aromatic ring is 1. The Morgan fingerprint density at radius 1 is 1.00 bits per heavy atom. The number of hydrogen-bond acceptors (Lipinski definition) is 6.